The minimum Gasteiger partial charge on any atom is -0.369 e. The molecule has 0 radical (unpaired) electrons. The molecule has 0 aliphatic carbocycles. The van der Waals surface area contributed by atoms with Crippen molar-refractivity contribution >= 4 is 46.6 Å². The molecule has 2 fully saturated rings. The average Bonchev–Trinajstić information content (AvgIpc) is 4.20. The molecule has 2 atom stereocenters. The second-order valence-electron chi connectivity index (χ2n) is 18.1. The molecule has 0 unspecified atom stereocenters. The number of nitrogens with one attached hydrogen (secondary N) is 4. The Hall–Kier alpha value is -7.38. The number of aromatic amines is 2. The Morgan fingerprint density at radius 2 is 0.857 bits per heavy atom. The first kappa shape index (κ1) is 47.7. The Kier molecular flexibility index (Phi) is 14.6. The number of ether oxygens (including phenoxy) is 2. The summed E-state index contributed by atoms with van der Waals surface area (Å²) in [4.78, 5) is 64.8. The number of benzene rings is 4. The number of hydrogen-bond donors (Lipinski definition) is 4. The highest BCUT2D eigenvalue weighted by Gasteiger charge is 2.35. The Morgan fingerprint density at radius 1 is 0.500 bits per heavy atom. The second kappa shape index (κ2) is 21.5. The smallest absolute Gasteiger partial charge is 0.256 e. The third-order valence-electron chi connectivity index (χ3n) is 13.5. The number of nitrogens with zero attached hydrogens (tertiary/aromatic N) is 8. The van der Waals surface area contributed by atoms with Crippen molar-refractivity contribution in [3.05, 3.63) is 154 Å². The molecular weight excluding hydrogens is 889 g/mol. The Balaban J connectivity index is 0.000000174. The second-order valence-corrected chi connectivity index (χ2v) is 18.1. The summed E-state index contributed by atoms with van der Waals surface area (Å²) in [6.07, 6.45) is -1.35. The quantitative estimate of drug-likeness (QED) is 0.125. The lowest BCUT2D eigenvalue weighted by molar-refractivity contribution is -0.143. The summed E-state index contributed by atoms with van der Waals surface area (Å²) < 4.78 is 11.0. The zero-order valence-electron chi connectivity index (χ0n) is 40.1. The molecule has 4 amide bonds. The summed E-state index contributed by atoms with van der Waals surface area (Å²) in [6, 6.07) is 34.2. The van der Waals surface area contributed by atoms with E-state index >= 15 is 0 Å². The van der Waals surface area contributed by atoms with E-state index in [9.17, 15) is 19.2 Å². The van der Waals surface area contributed by atoms with Crippen molar-refractivity contribution in [1.29, 1.82) is 0 Å². The van der Waals surface area contributed by atoms with Crippen molar-refractivity contribution in [2.75, 3.05) is 101 Å². The molecule has 4 aliphatic heterocycles. The van der Waals surface area contributed by atoms with Gasteiger partial charge in [0.2, 0.25) is 0 Å². The van der Waals surface area contributed by atoms with Gasteiger partial charge in [0.05, 0.1) is 37.6 Å². The van der Waals surface area contributed by atoms with Gasteiger partial charge in [-0.3, -0.25) is 29.4 Å². The van der Waals surface area contributed by atoms with E-state index < -0.39 is 12.2 Å². The molecule has 6 heterocycles. The van der Waals surface area contributed by atoms with Crippen molar-refractivity contribution in [3.63, 3.8) is 0 Å². The van der Waals surface area contributed by atoms with Crippen LogP contribution < -0.4 is 20.4 Å². The van der Waals surface area contributed by atoms with Gasteiger partial charge in [0.15, 0.2) is 23.8 Å². The first-order chi connectivity index (χ1) is 34.1. The third-order valence-corrected chi connectivity index (χ3v) is 13.5. The van der Waals surface area contributed by atoms with Gasteiger partial charge in [-0.05, 0) is 73.8 Å². The summed E-state index contributed by atoms with van der Waals surface area (Å²) in [5, 5.41) is 20.3. The number of likely N-dealkylation sites (N-methyl/N-ethyl adjacent to an activating group) is 2. The molecule has 18 nitrogen and oxygen atoms in total. The first-order valence-electron chi connectivity index (χ1n) is 23.6. The van der Waals surface area contributed by atoms with Crippen LogP contribution in [0, 0.1) is 0 Å². The van der Waals surface area contributed by atoms with Crippen LogP contribution >= 0.6 is 0 Å². The van der Waals surface area contributed by atoms with Gasteiger partial charge < -0.3 is 49.5 Å². The van der Waals surface area contributed by atoms with E-state index in [1.807, 2.05) is 109 Å². The van der Waals surface area contributed by atoms with Crippen LogP contribution in [0.3, 0.4) is 0 Å². The van der Waals surface area contributed by atoms with E-state index in [1.54, 1.807) is 9.80 Å². The molecule has 4 aliphatic rings. The SMILES string of the molecule is CO[C@@H](C(=O)N1Cc2[nH]nc(NC(=O)c3ccc(N4CCN(C)CC4)cc3)c2C1)c1ccccc1.CO[C@@H](C(=O)N1Cc2[nH]nc(NC(=O)c3ccc(N4CCN(C)CC4)cc3)c2C1)c1ccccc1. The standard InChI is InChI=1S/2C26H30N6O3/c2*1-30-12-14-31(15-13-30)20-10-8-19(9-11-20)25(33)27-24-21-16-32(17-22(21)28-29-24)26(34)23(35-2)18-6-4-3-5-7-18/h2*3-11,23H,12-17H2,1-2H3,(H2,27,28,29,33)/t2*23-/m11/s1. The number of amides is 4. The number of anilines is 4. The van der Waals surface area contributed by atoms with E-state index in [2.05, 4.69) is 64.7 Å². The normalized spacial score (nSPS) is 16.7. The Morgan fingerprint density at radius 3 is 1.20 bits per heavy atom. The van der Waals surface area contributed by atoms with Gasteiger partial charge >= 0.3 is 0 Å². The van der Waals surface area contributed by atoms with Gasteiger partial charge in [0.25, 0.3) is 23.6 Å². The minimum absolute atomic E-state index is 0.125. The van der Waals surface area contributed by atoms with Crippen molar-refractivity contribution in [2.45, 2.75) is 38.4 Å². The zero-order valence-corrected chi connectivity index (χ0v) is 40.1. The van der Waals surface area contributed by atoms with Gasteiger partial charge in [-0.2, -0.15) is 10.2 Å². The molecule has 0 bridgehead atoms. The summed E-state index contributed by atoms with van der Waals surface area (Å²) in [5.74, 6) is 0.204. The van der Waals surface area contributed by atoms with Crippen LogP contribution in [0.2, 0.25) is 0 Å². The maximum absolute atomic E-state index is 13.2. The minimum atomic E-state index is -0.676. The fourth-order valence-electron chi connectivity index (χ4n) is 9.28. The molecule has 2 saturated heterocycles. The van der Waals surface area contributed by atoms with Crippen molar-refractivity contribution in [3.8, 4) is 0 Å². The maximum atomic E-state index is 13.2. The highest BCUT2D eigenvalue weighted by Crippen LogP contribution is 2.33. The summed E-state index contributed by atoms with van der Waals surface area (Å²) in [6.45, 7) is 9.53. The van der Waals surface area contributed by atoms with E-state index in [-0.39, 0.29) is 23.6 Å². The number of methoxy groups -OCH3 is 2. The molecule has 2 aromatic heterocycles. The Bertz CT molecular complexity index is 2560. The van der Waals surface area contributed by atoms with Crippen LogP contribution in [0.1, 0.15) is 66.6 Å². The predicted molar refractivity (Wildman–Crippen MR) is 266 cm³/mol. The maximum Gasteiger partial charge on any atom is 0.256 e. The van der Waals surface area contributed by atoms with E-state index in [0.717, 1.165) is 97.4 Å². The molecule has 4 N–H and O–H groups in total. The summed E-state index contributed by atoms with van der Waals surface area (Å²) in [7, 11) is 7.33. The lowest BCUT2D eigenvalue weighted by atomic mass is 10.1. The highest BCUT2D eigenvalue weighted by atomic mass is 16.5. The van der Waals surface area contributed by atoms with Crippen molar-refractivity contribution < 1.29 is 28.7 Å². The number of hydrogen-bond acceptors (Lipinski definition) is 12. The molecule has 364 valence electrons. The van der Waals surface area contributed by atoms with Crippen LogP contribution in [0.15, 0.2) is 109 Å². The molecular formula is C52H60N12O6. The van der Waals surface area contributed by atoms with Crippen molar-refractivity contribution in [2.24, 2.45) is 0 Å². The van der Waals surface area contributed by atoms with Crippen molar-refractivity contribution in [1.82, 2.24) is 40.0 Å². The fraction of sp³-hybridized carbons (Fsp3) is 0.346. The van der Waals surface area contributed by atoms with Crippen LogP contribution in [-0.2, 0) is 45.2 Å². The topological polar surface area (TPSA) is 188 Å². The number of aromatic nitrogens is 4. The molecule has 18 heteroatoms. The number of piperazine rings is 2. The average molecular weight is 949 g/mol. The Labute approximate surface area is 407 Å². The molecule has 10 rings (SSSR count). The van der Waals surface area contributed by atoms with Gasteiger partial charge in [-0.1, -0.05) is 60.7 Å². The number of H-pyrrole nitrogens is 2. The number of carbonyl (C=O) groups is 4. The lowest BCUT2D eigenvalue weighted by Crippen LogP contribution is -2.44. The molecule has 6 aromatic rings. The molecule has 0 spiro atoms. The van der Waals surface area contributed by atoms with Gasteiger partial charge in [0, 0.05) is 100 Å². The molecule has 4 aromatic carbocycles. The number of fused-ring (bicyclic) bond motifs is 2. The van der Waals surface area contributed by atoms with Crippen LogP contribution in [0.5, 0.6) is 0 Å². The summed E-state index contributed by atoms with van der Waals surface area (Å²) >= 11 is 0. The number of carbonyl (C=O) groups excluding carboxylic acids is 4. The van der Waals surface area contributed by atoms with Crippen LogP contribution in [0.4, 0.5) is 23.0 Å². The summed E-state index contributed by atoms with van der Waals surface area (Å²) in [5.41, 5.74) is 8.27. The van der Waals surface area contributed by atoms with E-state index in [1.165, 1.54) is 14.2 Å². The van der Waals surface area contributed by atoms with Gasteiger partial charge in [-0.25, -0.2) is 0 Å². The zero-order chi connectivity index (χ0) is 48.7. The van der Waals surface area contributed by atoms with E-state index in [4.69, 9.17) is 9.47 Å². The third kappa shape index (κ3) is 10.6. The largest absolute Gasteiger partial charge is 0.369 e. The number of rotatable bonds is 12. The monoisotopic (exact) mass is 948 g/mol. The van der Waals surface area contributed by atoms with Crippen LogP contribution in [0.25, 0.3) is 0 Å². The van der Waals surface area contributed by atoms with Crippen LogP contribution in [-0.4, -0.2) is 144 Å². The molecule has 0 saturated carbocycles. The first-order valence-corrected chi connectivity index (χ1v) is 23.6. The predicted octanol–water partition coefficient (Wildman–Crippen LogP) is 5.29. The van der Waals surface area contributed by atoms with Gasteiger partial charge in [-0.15, -0.1) is 0 Å². The highest BCUT2D eigenvalue weighted by molar-refractivity contribution is 6.05. The van der Waals surface area contributed by atoms with Gasteiger partial charge in [0.1, 0.15) is 0 Å². The molecule has 70 heavy (non-hydrogen) atoms. The van der Waals surface area contributed by atoms with E-state index in [0.29, 0.717) is 48.9 Å². The fourth-order valence-corrected chi connectivity index (χ4v) is 9.28. The lowest BCUT2D eigenvalue weighted by Gasteiger charge is -2.34.